The van der Waals surface area contributed by atoms with Gasteiger partial charge in [0.15, 0.2) is 0 Å². The Bertz CT molecular complexity index is 953. The van der Waals surface area contributed by atoms with E-state index in [4.69, 9.17) is 0 Å². The Labute approximate surface area is 177 Å². The fourth-order valence-corrected chi connectivity index (χ4v) is 5.16. The number of aryl methyl sites for hydroxylation is 1. The highest BCUT2D eigenvalue weighted by molar-refractivity contribution is 7.86. The summed E-state index contributed by atoms with van der Waals surface area (Å²) in [7, 11) is -3.83. The number of amides is 1. The number of nitrogens with zero attached hydrogens (tertiary/aromatic N) is 2. The van der Waals surface area contributed by atoms with Crippen LogP contribution in [-0.2, 0) is 28.0 Å². The first-order valence-electron chi connectivity index (χ1n) is 10.2. The third kappa shape index (κ3) is 5.87. The quantitative estimate of drug-likeness (QED) is 0.696. The highest BCUT2D eigenvalue weighted by Gasteiger charge is 2.35. The van der Waals surface area contributed by atoms with E-state index in [0.717, 1.165) is 12.8 Å². The Balaban J connectivity index is 1.54. The van der Waals surface area contributed by atoms with Gasteiger partial charge in [-0.2, -0.15) is 17.0 Å². The zero-order valence-corrected chi connectivity index (χ0v) is 17.9. The highest BCUT2D eigenvalue weighted by atomic mass is 32.2. The van der Waals surface area contributed by atoms with E-state index >= 15 is 0 Å². The lowest BCUT2D eigenvalue weighted by Crippen LogP contribution is -2.52. The molecule has 0 aliphatic carbocycles. The van der Waals surface area contributed by atoms with Crippen molar-refractivity contribution in [3.63, 3.8) is 0 Å². The molecule has 8 heteroatoms. The molecule has 0 radical (unpaired) electrons. The highest BCUT2D eigenvalue weighted by Crippen LogP contribution is 2.20. The van der Waals surface area contributed by atoms with Crippen LogP contribution >= 0.6 is 0 Å². The van der Waals surface area contributed by atoms with Crippen molar-refractivity contribution in [2.75, 3.05) is 19.6 Å². The minimum atomic E-state index is -3.83. The minimum absolute atomic E-state index is 0.0411. The van der Waals surface area contributed by atoms with Gasteiger partial charge in [0.25, 0.3) is 10.2 Å². The summed E-state index contributed by atoms with van der Waals surface area (Å²) in [6.07, 6.45) is 2.19. The summed E-state index contributed by atoms with van der Waals surface area (Å²) in [6.45, 7) is 2.23. The molecule has 30 heavy (non-hydrogen) atoms. The van der Waals surface area contributed by atoms with Crippen molar-refractivity contribution in [2.45, 2.75) is 38.8 Å². The van der Waals surface area contributed by atoms with E-state index in [2.05, 4.69) is 5.32 Å². The Kier molecular flexibility index (Phi) is 7.58. The molecule has 3 rings (SSSR count). The zero-order chi connectivity index (χ0) is 21.6. The van der Waals surface area contributed by atoms with Crippen LogP contribution in [0.2, 0.25) is 0 Å². The molecule has 2 aromatic rings. The van der Waals surface area contributed by atoms with Crippen LogP contribution in [0.1, 0.15) is 30.9 Å². The predicted octanol–water partition coefficient (Wildman–Crippen LogP) is 2.72. The van der Waals surface area contributed by atoms with Gasteiger partial charge in [0.05, 0.1) is 6.54 Å². The summed E-state index contributed by atoms with van der Waals surface area (Å²) in [5, 5.41) is 2.89. The number of benzene rings is 2. The van der Waals surface area contributed by atoms with Gasteiger partial charge in [-0.1, -0.05) is 48.5 Å². The summed E-state index contributed by atoms with van der Waals surface area (Å²) >= 11 is 0. The third-order valence-electron chi connectivity index (χ3n) is 5.21. The lowest BCUT2D eigenvalue weighted by Gasteiger charge is -2.34. The summed E-state index contributed by atoms with van der Waals surface area (Å²) in [6, 6.07) is 16.1. The molecule has 1 saturated heterocycles. The molecule has 2 aromatic carbocycles. The fourth-order valence-electron chi connectivity index (χ4n) is 3.54. The molecule has 0 aromatic heterocycles. The number of hydrogen-bond donors (Lipinski definition) is 1. The first-order chi connectivity index (χ1) is 14.4. The van der Waals surface area contributed by atoms with Gasteiger partial charge in [-0.3, -0.25) is 4.79 Å². The summed E-state index contributed by atoms with van der Waals surface area (Å²) < 4.78 is 42.2. The first kappa shape index (κ1) is 22.4. The van der Waals surface area contributed by atoms with Gasteiger partial charge in [-0.15, -0.1) is 0 Å². The topological polar surface area (TPSA) is 69.7 Å². The van der Waals surface area contributed by atoms with Gasteiger partial charge >= 0.3 is 0 Å². The molecule has 6 nitrogen and oxygen atoms in total. The molecule has 0 saturated carbocycles. The maximum absolute atomic E-state index is 13.9. The summed E-state index contributed by atoms with van der Waals surface area (Å²) in [5.41, 5.74) is 1.52. The average Bonchev–Trinajstić information content (AvgIpc) is 2.72. The van der Waals surface area contributed by atoms with Gasteiger partial charge in [-0.25, -0.2) is 4.39 Å². The Morgan fingerprint density at radius 1 is 1.07 bits per heavy atom. The maximum atomic E-state index is 13.9. The Morgan fingerprint density at radius 3 is 2.47 bits per heavy atom. The Hall–Kier alpha value is -2.29. The van der Waals surface area contributed by atoms with Crippen molar-refractivity contribution in [1.29, 1.82) is 0 Å². The van der Waals surface area contributed by atoms with E-state index in [-0.39, 0.29) is 31.6 Å². The maximum Gasteiger partial charge on any atom is 0.282 e. The van der Waals surface area contributed by atoms with Crippen LogP contribution in [-0.4, -0.2) is 48.6 Å². The molecule has 1 aliphatic heterocycles. The molecule has 1 atom stereocenters. The van der Waals surface area contributed by atoms with E-state index < -0.39 is 16.0 Å². The Morgan fingerprint density at radius 2 is 1.73 bits per heavy atom. The average molecular weight is 434 g/mol. The van der Waals surface area contributed by atoms with E-state index in [1.165, 1.54) is 20.2 Å². The summed E-state index contributed by atoms with van der Waals surface area (Å²) in [5.74, 6) is -0.762. The molecule has 1 heterocycles. The number of carbonyl (C=O) groups excluding carboxylic acids is 1. The van der Waals surface area contributed by atoms with Gasteiger partial charge in [0.1, 0.15) is 5.82 Å². The minimum Gasteiger partial charge on any atom is -0.352 e. The van der Waals surface area contributed by atoms with Crippen molar-refractivity contribution in [3.8, 4) is 0 Å². The fraction of sp³-hybridized carbons (Fsp3) is 0.409. The van der Waals surface area contributed by atoms with E-state index in [1.54, 1.807) is 18.2 Å². The van der Waals surface area contributed by atoms with Crippen molar-refractivity contribution >= 4 is 16.1 Å². The standard InChI is InChI=1S/C22H28FN3O3S/c1-18(12-13-19-8-3-2-4-9-19)24-22(27)17-26-15-7-14-25(30(26,28)29)16-20-10-5-6-11-21(20)23/h2-6,8-11,18H,7,12-17H2,1H3,(H,24,27)/t18-/m1/s1. The van der Waals surface area contributed by atoms with Crippen LogP contribution in [0.15, 0.2) is 54.6 Å². The number of hydrogen-bond acceptors (Lipinski definition) is 3. The first-order valence-corrected chi connectivity index (χ1v) is 11.6. The van der Waals surface area contributed by atoms with Crippen LogP contribution in [0, 0.1) is 5.82 Å². The molecule has 0 spiro atoms. The van der Waals surface area contributed by atoms with Crippen molar-refractivity contribution in [1.82, 2.24) is 13.9 Å². The lowest BCUT2D eigenvalue weighted by molar-refractivity contribution is -0.122. The van der Waals surface area contributed by atoms with Gasteiger partial charge < -0.3 is 5.32 Å². The monoisotopic (exact) mass is 433 g/mol. The van der Waals surface area contributed by atoms with Gasteiger partial charge in [0, 0.05) is 31.2 Å². The van der Waals surface area contributed by atoms with Crippen LogP contribution in [0.5, 0.6) is 0 Å². The molecular weight excluding hydrogens is 405 g/mol. The molecule has 0 unspecified atom stereocenters. The number of halogens is 1. The lowest BCUT2D eigenvalue weighted by atomic mass is 10.1. The van der Waals surface area contributed by atoms with Crippen molar-refractivity contribution < 1.29 is 17.6 Å². The molecule has 1 aliphatic rings. The molecule has 0 bridgehead atoms. The van der Waals surface area contributed by atoms with E-state index in [9.17, 15) is 17.6 Å². The molecule has 1 N–H and O–H groups in total. The number of carbonyl (C=O) groups is 1. The van der Waals surface area contributed by atoms with Gasteiger partial charge in [0.2, 0.25) is 5.91 Å². The molecule has 1 fully saturated rings. The largest absolute Gasteiger partial charge is 0.352 e. The van der Waals surface area contributed by atoms with E-state index in [1.807, 2.05) is 37.3 Å². The predicted molar refractivity (Wildman–Crippen MR) is 114 cm³/mol. The SMILES string of the molecule is C[C@H](CCc1ccccc1)NC(=O)CN1CCCN(Cc2ccccc2F)S1(=O)=O. The zero-order valence-electron chi connectivity index (χ0n) is 17.1. The van der Waals surface area contributed by atoms with Crippen LogP contribution in [0.25, 0.3) is 0 Å². The van der Waals surface area contributed by atoms with Crippen LogP contribution < -0.4 is 5.32 Å². The second-order valence-electron chi connectivity index (χ2n) is 7.61. The molecule has 1 amide bonds. The van der Waals surface area contributed by atoms with Crippen molar-refractivity contribution in [3.05, 3.63) is 71.5 Å². The van der Waals surface area contributed by atoms with Gasteiger partial charge in [-0.05, 0) is 37.8 Å². The second kappa shape index (κ2) is 10.1. The second-order valence-corrected chi connectivity index (χ2v) is 9.54. The number of nitrogens with one attached hydrogen (secondary N) is 1. The molecule has 162 valence electrons. The third-order valence-corrected chi connectivity index (χ3v) is 7.14. The number of rotatable bonds is 8. The normalized spacial score (nSPS) is 18.1. The van der Waals surface area contributed by atoms with Crippen molar-refractivity contribution in [2.24, 2.45) is 0 Å². The van der Waals surface area contributed by atoms with Crippen LogP contribution in [0.3, 0.4) is 0 Å². The van der Waals surface area contributed by atoms with E-state index in [0.29, 0.717) is 18.5 Å². The summed E-state index contributed by atoms with van der Waals surface area (Å²) in [4.78, 5) is 12.4. The smallest absolute Gasteiger partial charge is 0.282 e. The molecular formula is C22H28FN3O3S. The van der Waals surface area contributed by atoms with Crippen LogP contribution in [0.4, 0.5) is 4.39 Å².